The lowest BCUT2D eigenvalue weighted by Crippen LogP contribution is -2.41. The number of hydrogen-bond donors (Lipinski definition) is 0. The minimum absolute atomic E-state index is 0.204. The van der Waals surface area contributed by atoms with Crippen molar-refractivity contribution < 1.29 is 23.5 Å². The van der Waals surface area contributed by atoms with Crippen LogP contribution in [0.15, 0.2) is 48.0 Å². The first-order valence-electron chi connectivity index (χ1n) is 14.0. The van der Waals surface area contributed by atoms with Gasteiger partial charge in [0.15, 0.2) is 5.13 Å². The highest BCUT2D eigenvalue weighted by Gasteiger charge is 2.28. The first kappa shape index (κ1) is 29.5. The third-order valence-electron chi connectivity index (χ3n) is 7.33. The average Bonchev–Trinajstić information content (AvgIpc) is 3.60. The molecule has 1 amide bonds. The van der Waals surface area contributed by atoms with Crippen molar-refractivity contribution in [2.75, 3.05) is 32.1 Å². The molecule has 9 nitrogen and oxygen atoms in total. The summed E-state index contributed by atoms with van der Waals surface area (Å²) in [5, 5.41) is 2.69. The molecule has 1 fully saturated rings. The minimum atomic E-state index is -0.522. The van der Waals surface area contributed by atoms with Crippen LogP contribution in [0, 0.1) is 5.82 Å². The molecule has 0 N–H and O–H groups in total. The number of aromatic nitrogens is 3. The van der Waals surface area contributed by atoms with Crippen LogP contribution in [0.3, 0.4) is 0 Å². The Labute approximate surface area is 248 Å². The highest BCUT2D eigenvalue weighted by atomic mass is 32.1. The standard InChI is InChI=1S/C31H36FN5O4S/c1-31(2,3)41-30(39)36-16-14-20(15-17-36)22-8-12-26-33-24(11-13-27(38)40-5)28(37(26)18-22)35(4)29-34-25(19-42-29)21-6-9-23(32)10-7-21/h6-10,12,18-20H,11,13-17H2,1-5H3. The maximum Gasteiger partial charge on any atom is 0.410 e. The molecule has 0 aliphatic carbocycles. The van der Waals surface area contributed by atoms with Crippen molar-refractivity contribution in [3.8, 4) is 11.3 Å². The first-order valence-corrected chi connectivity index (χ1v) is 14.9. The number of imidazole rings is 1. The molecule has 222 valence electrons. The fourth-order valence-corrected chi connectivity index (χ4v) is 5.97. The van der Waals surface area contributed by atoms with E-state index in [9.17, 15) is 14.0 Å². The number of thiazole rings is 1. The van der Waals surface area contributed by atoms with E-state index in [0.717, 1.165) is 52.0 Å². The Balaban J connectivity index is 1.43. The van der Waals surface area contributed by atoms with Crippen LogP contribution in [0.2, 0.25) is 0 Å². The molecular formula is C31H36FN5O4S. The van der Waals surface area contributed by atoms with Crippen LogP contribution in [-0.4, -0.2) is 64.2 Å². The van der Waals surface area contributed by atoms with Crippen LogP contribution in [-0.2, 0) is 20.7 Å². The van der Waals surface area contributed by atoms with E-state index in [-0.39, 0.29) is 30.2 Å². The molecule has 5 rings (SSSR count). The van der Waals surface area contributed by atoms with Crippen molar-refractivity contribution in [3.63, 3.8) is 0 Å². The molecule has 0 atom stereocenters. The largest absolute Gasteiger partial charge is 0.469 e. The van der Waals surface area contributed by atoms with E-state index in [2.05, 4.69) is 16.7 Å². The van der Waals surface area contributed by atoms with E-state index in [1.807, 2.05) is 44.2 Å². The first-order chi connectivity index (χ1) is 20.0. The number of methoxy groups -OCH3 is 1. The minimum Gasteiger partial charge on any atom is -0.469 e. The number of hydrogen-bond acceptors (Lipinski definition) is 8. The molecule has 42 heavy (non-hydrogen) atoms. The van der Waals surface area contributed by atoms with E-state index < -0.39 is 5.60 Å². The number of nitrogens with zero attached hydrogens (tertiary/aromatic N) is 5. The predicted molar refractivity (Wildman–Crippen MR) is 161 cm³/mol. The molecule has 4 aromatic rings. The van der Waals surface area contributed by atoms with Crippen LogP contribution in [0.1, 0.15) is 57.2 Å². The Hall–Kier alpha value is -3.99. The summed E-state index contributed by atoms with van der Waals surface area (Å²) in [6.45, 7) is 6.89. The van der Waals surface area contributed by atoms with E-state index in [1.54, 1.807) is 17.0 Å². The lowest BCUT2D eigenvalue weighted by atomic mass is 9.90. The maximum atomic E-state index is 13.5. The predicted octanol–water partition coefficient (Wildman–Crippen LogP) is 6.58. The van der Waals surface area contributed by atoms with Gasteiger partial charge in [-0.25, -0.2) is 19.2 Å². The zero-order valence-corrected chi connectivity index (χ0v) is 25.4. The molecular weight excluding hydrogens is 557 g/mol. The average molecular weight is 594 g/mol. The summed E-state index contributed by atoms with van der Waals surface area (Å²) >= 11 is 1.48. The molecule has 0 spiro atoms. The molecule has 1 aliphatic heterocycles. The van der Waals surface area contributed by atoms with Crippen molar-refractivity contribution in [1.29, 1.82) is 0 Å². The molecule has 0 unspecified atom stereocenters. The van der Waals surface area contributed by atoms with Crippen molar-refractivity contribution in [2.24, 2.45) is 0 Å². The number of likely N-dealkylation sites (tertiary alicyclic amines) is 1. The van der Waals surface area contributed by atoms with Gasteiger partial charge in [0.1, 0.15) is 22.9 Å². The Kier molecular flexibility index (Phi) is 8.49. The van der Waals surface area contributed by atoms with Gasteiger partial charge in [-0.2, -0.15) is 0 Å². The number of fused-ring (bicyclic) bond motifs is 1. The second kappa shape index (κ2) is 12.1. The Morgan fingerprint density at radius 1 is 1.10 bits per heavy atom. The summed E-state index contributed by atoms with van der Waals surface area (Å²) in [5.41, 5.74) is 3.75. The van der Waals surface area contributed by atoms with E-state index in [0.29, 0.717) is 19.5 Å². The van der Waals surface area contributed by atoms with E-state index in [4.69, 9.17) is 19.4 Å². The number of halogens is 1. The van der Waals surface area contributed by atoms with Crippen molar-refractivity contribution in [2.45, 2.75) is 58.0 Å². The van der Waals surface area contributed by atoms with Gasteiger partial charge in [-0.05, 0) is 75.4 Å². The summed E-state index contributed by atoms with van der Waals surface area (Å²) in [6.07, 6.45) is 4.11. The zero-order valence-electron chi connectivity index (χ0n) is 24.6. The second-order valence-corrected chi connectivity index (χ2v) is 12.3. The number of rotatable bonds is 7. The molecule has 0 bridgehead atoms. The molecule has 4 heterocycles. The second-order valence-electron chi connectivity index (χ2n) is 11.5. The lowest BCUT2D eigenvalue weighted by Gasteiger charge is -2.33. The zero-order chi connectivity index (χ0) is 30.0. The summed E-state index contributed by atoms with van der Waals surface area (Å²) in [4.78, 5) is 38.0. The quantitative estimate of drug-likeness (QED) is 0.224. The van der Waals surface area contributed by atoms with Gasteiger partial charge in [-0.15, -0.1) is 11.3 Å². The molecule has 1 aliphatic rings. The SMILES string of the molecule is COC(=O)CCc1nc2ccc(C3CCN(C(=O)OC(C)(C)C)CC3)cn2c1N(C)c1nc(-c2ccc(F)cc2)cs1. The molecule has 11 heteroatoms. The summed E-state index contributed by atoms with van der Waals surface area (Å²) in [6, 6.07) is 10.4. The van der Waals surface area contributed by atoms with Crippen molar-refractivity contribution in [3.05, 3.63) is 65.0 Å². The number of pyridine rings is 1. The Morgan fingerprint density at radius 3 is 2.48 bits per heavy atom. The van der Waals surface area contributed by atoms with Crippen LogP contribution >= 0.6 is 11.3 Å². The third kappa shape index (κ3) is 6.56. The van der Waals surface area contributed by atoms with Crippen LogP contribution in [0.25, 0.3) is 16.9 Å². The lowest BCUT2D eigenvalue weighted by molar-refractivity contribution is -0.140. The van der Waals surface area contributed by atoms with Gasteiger partial charge < -0.3 is 19.3 Å². The van der Waals surface area contributed by atoms with Gasteiger partial charge in [0.25, 0.3) is 0 Å². The molecule has 1 aromatic carbocycles. The van der Waals surface area contributed by atoms with Gasteiger partial charge in [-0.3, -0.25) is 9.20 Å². The number of carbonyl (C=O) groups is 2. The van der Waals surface area contributed by atoms with Gasteiger partial charge in [-0.1, -0.05) is 6.07 Å². The van der Waals surface area contributed by atoms with Crippen molar-refractivity contribution >= 4 is 40.0 Å². The van der Waals surface area contributed by atoms with Crippen LogP contribution in [0.4, 0.5) is 20.1 Å². The molecule has 3 aromatic heterocycles. The van der Waals surface area contributed by atoms with E-state index in [1.165, 1.54) is 30.6 Å². The highest BCUT2D eigenvalue weighted by molar-refractivity contribution is 7.14. The van der Waals surface area contributed by atoms with E-state index >= 15 is 0 Å². The van der Waals surface area contributed by atoms with Gasteiger partial charge in [0, 0.05) is 43.7 Å². The smallest absolute Gasteiger partial charge is 0.410 e. The van der Waals surface area contributed by atoms with Crippen LogP contribution in [0.5, 0.6) is 0 Å². The van der Waals surface area contributed by atoms with Gasteiger partial charge in [0.2, 0.25) is 0 Å². The monoisotopic (exact) mass is 593 g/mol. The normalized spacial score (nSPS) is 14.3. The molecule has 0 radical (unpaired) electrons. The summed E-state index contributed by atoms with van der Waals surface area (Å²) in [5.74, 6) is 0.503. The van der Waals surface area contributed by atoms with Crippen molar-refractivity contribution in [1.82, 2.24) is 19.3 Å². The number of piperidine rings is 1. The Bertz CT molecular complexity index is 1570. The number of aryl methyl sites for hydroxylation is 1. The maximum absolute atomic E-state index is 13.5. The number of esters is 1. The number of ether oxygens (including phenoxy) is 2. The number of anilines is 2. The third-order valence-corrected chi connectivity index (χ3v) is 8.25. The van der Waals surface area contributed by atoms with Crippen LogP contribution < -0.4 is 4.90 Å². The number of amides is 1. The topological polar surface area (TPSA) is 89.3 Å². The number of benzene rings is 1. The molecule has 0 saturated carbocycles. The highest BCUT2D eigenvalue weighted by Crippen LogP contribution is 2.36. The summed E-state index contributed by atoms with van der Waals surface area (Å²) < 4.78 is 26.0. The van der Waals surface area contributed by atoms with Gasteiger partial charge >= 0.3 is 12.1 Å². The van der Waals surface area contributed by atoms with Gasteiger partial charge in [0.05, 0.1) is 24.9 Å². The fourth-order valence-electron chi connectivity index (χ4n) is 5.17. The Morgan fingerprint density at radius 2 is 1.81 bits per heavy atom. The fraction of sp³-hybridized carbons (Fsp3) is 0.419. The summed E-state index contributed by atoms with van der Waals surface area (Å²) in [7, 11) is 3.32. The number of carbonyl (C=O) groups excluding carboxylic acids is 2. The molecule has 1 saturated heterocycles.